The van der Waals surface area contributed by atoms with Crippen molar-refractivity contribution < 1.29 is 9.90 Å². The standard InChI is InChI=1S/C6H10ClNO2/c1-5(2-7)3-8-4-6(9)10/h2,8H,3-4H2,1H3,(H,9,10). The summed E-state index contributed by atoms with van der Waals surface area (Å²) < 4.78 is 0. The number of carboxylic acids is 1. The fraction of sp³-hybridized carbons (Fsp3) is 0.500. The lowest BCUT2D eigenvalue weighted by Gasteiger charge is -1.98. The minimum atomic E-state index is -0.859. The van der Waals surface area contributed by atoms with Gasteiger partial charge in [0.05, 0.1) is 6.54 Å². The smallest absolute Gasteiger partial charge is 0.317 e. The van der Waals surface area contributed by atoms with Crippen LogP contribution in [-0.4, -0.2) is 24.2 Å². The molecule has 3 nitrogen and oxygen atoms in total. The Kier molecular flexibility index (Phi) is 4.98. The molecular weight excluding hydrogens is 154 g/mol. The van der Waals surface area contributed by atoms with Gasteiger partial charge in [-0.2, -0.15) is 0 Å². The molecule has 0 aromatic rings. The predicted octanol–water partition coefficient (Wildman–Crippen LogP) is 0.803. The minimum Gasteiger partial charge on any atom is -0.480 e. The van der Waals surface area contributed by atoms with Gasteiger partial charge in [-0.1, -0.05) is 11.6 Å². The monoisotopic (exact) mass is 163 g/mol. The lowest BCUT2D eigenvalue weighted by atomic mass is 10.3. The number of halogens is 1. The van der Waals surface area contributed by atoms with Gasteiger partial charge < -0.3 is 10.4 Å². The van der Waals surface area contributed by atoms with E-state index in [-0.39, 0.29) is 6.54 Å². The average molecular weight is 164 g/mol. The summed E-state index contributed by atoms with van der Waals surface area (Å²) in [6.07, 6.45) is 0. The molecule has 0 amide bonds. The maximum Gasteiger partial charge on any atom is 0.317 e. The zero-order chi connectivity index (χ0) is 7.98. The van der Waals surface area contributed by atoms with Crippen LogP contribution in [0.25, 0.3) is 0 Å². The molecule has 0 saturated carbocycles. The van der Waals surface area contributed by atoms with Gasteiger partial charge in [-0.05, 0) is 12.5 Å². The Labute approximate surface area is 64.7 Å². The van der Waals surface area contributed by atoms with Crippen molar-refractivity contribution in [3.05, 3.63) is 11.1 Å². The van der Waals surface area contributed by atoms with E-state index >= 15 is 0 Å². The van der Waals surface area contributed by atoms with E-state index in [1.165, 1.54) is 5.54 Å². The molecule has 0 saturated heterocycles. The van der Waals surface area contributed by atoms with E-state index in [0.29, 0.717) is 6.54 Å². The Bertz CT molecular complexity index is 145. The van der Waals surface area contributed by atoms with Crippen LogP contribution in [0.15, 0.2) is 11.1 Å². The van der Waals surface area contributed by atoms with Crippen molar-refractivity contribution >= 4 is 17.6 Å². The third-order valence-electron chi connectivity index (χ3n) is 0.866. The van der Waals surface area contributed by atoms with E-state index < -0.39 is 5.97 Å². The zero-order valence-corrected chi connectivity index (χ0v) is 6.48. The molecule has 0 bridgehead atoms. The van der Waals surface area contributed by atoms with Crippen LogP contribution in [0.2, 0.25) is 0 Å². The fourth-order valence-electron chi connectivity index (χ4n) is 0.405. The largest absolute Gasteiger partial charge is 0.480 e. The molecule has 0 aliphatic carbocycles. The molecule has 0 aromatic carbocycles. The maximum atomic E-state index is 9.95. The highest BCUT2D eigenvalue weighted by molar-refractivity contribution is 6.25. The Morgan fingerprint density at radius 3 is 2.70 bits per heavy atom. The molecule has 0 aliphatic rings. The number of hydrogen-bond donors (Lipinski definition) is 2. The molecule has 0 heterocycles. The van der Waals surface area contributed by atoms with Crippen LogP contribution >= 0.6 is 11.6 Å². The molecule has 0 aromatic heterocycles. The van der Waals surface area contributed by atoms with Crippen molar-refractivity contribution in [1.82, 2.24) is 5.32 Å². The number of rotatable bonds is 4. The van der Waals surface area contributed by atoms with Gasteiger partial charge >= 0.3 is 5.97 Å². The van der Waals surface area contributed by atoms with Crippen LogP contribution in [0, 0.1) is 0 Å². The first-order valence-corrected chi connectivity index (χ1v) is 3.29. The number of hydrogen-bond acceptors (Lipinski definition) is 2. The summed E-state index contributed by atoms with van der Waals surface area (Å²) in [5.74, 6) is -0.859. The molecule has 0 spiro atoms. The van der Waals surface area contributed by atoms with Crippen molar-refractivity contribution in [2.75, 3.05) is 13.1 Å². The summed E-state index contributed by atoms with van der Waals surface area (Å²) in [6, 6.07) is 0. The number of nitrogens with one attached hydrogen (secondary N) is 1. The number of carbonyl (C=O) groups is 1. The number of carboxylic acid groups (broad SMARTS) is 1. The fourth-order valence-corrected chi connectivity index (χ4v) is 0.482. The zero-order valence-electron chi connectivity index (χ0n) is 5.72. The first kappa shape index (κ1) is 9.46. The third kappa shape index (κ3) is 5.59. The quantitative estimate of drug-likeness (QED) is 0.645. The normalized spacial score (nSPS) is 11.6. The van der Waals surface area contributed by atoms with E-state index in [4.69, 9.17) is 16.7 Å². The molecule has 58 valence electrons. The van der Waals surface area contributed by atoms with Gasteiger partial charge in [0.1, 0.15) is 0 Å². The molecule has 4 heteroatoms. The lowest BCUT2D eigenvalue weighted by molar-refractivity contribution is -0.135. The van der Waals surface area contributed by atoms with Gasteiger partial charge in [0.25, 0.3) is 0 Å². The second-order valence-electron chi connectivity index (χ2n) is 1.95. The second kappa shape index (κ2) is 5.26. The van der Waals surface area contributed by atoms with Crippen molar-refractivity contribution in [3.8, 4) is 0 Å². The Morgan fingerprint density at radius 1 is 1.70 bits per heavy atom. The molecular formula is C6H10ClNO2. The Hall–Kier alpha value is -0.540. The minimum absolute atomic E-state index is 0.0257. The first-order valence-electron chi connectivity index (χ1n) is 2.85. The van der Waals surface area contributed by atoms with Gasteiger partial charge in [-0.15, -0.1) is 0 Å². The maximum absolute atomic E-state index is 9.95. The van der Waals surface area contributed by atoms with Gasteiger partial charge in [-0.25, -0.2) is 0 Å². The van der Waals surface area contributed by atoms with Crippen LogP contribution in [0.5, 0.6) is 0 Å². The highest BCUT2D eigenvalue weighted by Crippen LogP contribution is 1.90. The average Bonchev–Trinajstić information content (AvgIpc) is 1.87. The summed E-state index contributed by atoms with van der Waals surface area (Å²) in [4.78, 5) is 9.95. The Morgan fingerprint density at radius 2 is 2.30 bits per heavy atom. The first-order chi connectivity index (χ1) is 4.66. The summed E-state index contributed by atoms with van der Waals surface area (Å²) in [6.45, 7) is 2.32. The second-order valence-corrected chi connectivity index (χ2v) is 2.17. The predicted molar refractivity (Wildman–Crippen MR) is 40.1 cm³/mol. The molecule has 0 rings (SSSR count). The van der Waals surface area contributed by atoms with Gasteiger partial charge in [0.15, 0.2) is 0 Å². The van der Waals surface area contributed by atoms with Gasteiger partial charge in [0, 0.05) is 12.1 Å². The molecule has 0 atom stereocenters. The summed E-state index contributed by atoms with van der Waals surface area (Å²) in [5, 5.41) is 10.9. The van der Waals surface area contributed by atoms with Crippen molar-refractivity contribution in [1.29, 1.82) is 0 Å². The van der Waals surface area contributed by atoms with Gasteiger partial charge in [-0.3, -0.25) is 4.79 Å². The van der Waals surface area contributed by atoms with Crippen LogP contribution in [0.3, 0.4) is 0 Å². The van der Waals surface area contributed by atoms with Crippen molar-refractivity contribution in [2.24, 2.45) is 0 Å². The summed E-state index contributed by atoms with van der Waals surface area (Å²) in [5.41, 5.74) is 2.34. The van der Waals surface area contributed by atoms with E-state index in [2.05, 4.69) is 5.32 Å². The topological polar surface area (TPSA) is 49.3 Å². The van der Waals surface area contributed by atoms with E-state index in [1.54, 1.807) is 0 Å². The highest BCUT2D eigenvalue weighted by Gasteiger charge is 1.93. The van der Waals surface area contributed by atoms with E-state index in [0.717, 1.165) is 5.57 Å². The van der Waals surface area contributed by atoms with E-state index in [1.807, 2.05) is 6.92 Å². The number of aliphatic carboxylic acids is 1. The molecule has 0 radical (unpaired) electrons. The van der Waals surface area contributed by atoms with Crippen LogP contribution < -0.4 is 5.32 Å². The summed E-state index contributed by atoms with van der Waals surface area (Å²) >= 11 is 5.32. The highest BCUT2D eigenvalue weighted by atomic mass is 35.5. The molecule has 10 heavy (non-hydrogen) atoms. The van der Waals surface area contributed by atoms with Crippen LogP contribution in [-0.2, 0) is 4.79 Å². The van der Waals surface area contributed by atoms with Crippen molar-refractivity contribution in [3.63, 3.8) is 0 Å². The van der Waals surface area contributed by atoms with Crippen LogP contribution in [0.1, 0.15) is 6.92 Å². The lowest BCUT2D eigenvalue weighted by Crippen LogP contribution is -2.23. The van der Waals surface area contributed by atoms with Gasteiger partial charge in [0.2, 0.25) is 0 Å². The molecule has 0 unspecified atom stereocenters. The van der Waals surface area contributed by atoms with Crippen molar-refractivity contribution in [2.45, 2.75) is 6.92 Å². The molecule has 0 aliphatic heterocycles. The summed E-state index contributed by atoms with van der Waals surface area (Å²) in [7, 11) is 0. The Balaban J connectivity index is 3.29. The van der Waals surface area contributed by atoms with E-state index in [9.17, 15) is 4.79 Å². The SMILES string of the molecule is CC(=CCl)CNCC(=O)O. The van der Waals surface area contributed by atoms with Crippen LogP contribution in [0.4, 0.5) is 0 Å². The molecule has 0 fully saturated rings. The molecule has 2 N–H and O–H groups in total. The third-order valence-corrected chi connectivity index (χ3v) is 1.24.